The summed E-state index contributed by atoms with van der Waals surface area (Å²) in [6.45, 7) is 2.13. The summed E-state index contributed by atoms with van der Waals surface area (Å²) in [4.78, 5) is 23.3. The van der Waals surface area contributed by atoms with Gasteiger partial charge < -0.3 is 10.2 Å². The van der Waals surface area contributed by atoms with Crippen LogP contribution in [0, 0.1) is 0 Å². The molecule has 0 amide bonds. The van der Waals surface area contributed by atoms with E-state index < -0.39 is 17.4 Å². The Bertz CT molecular complexity index is 445. The molecular weight excluding hydrogens is 307 g/mol. The molecule has 0 aromatic heterocycles. The van der Waals surface area contributed by atoms with Gasteiger partial charge in [0.15, 0.2) is 5.41 Å². The predicted octanol–water partition coefficient (Wildman–Crippen LogP) is 3.20. The molecule has 0 fully saturated rings. The van der Waals surface area contributed by atoms with Gasteiger partial charge in [-0.05, 0) is 12.0 Å². The van der Waals surface area contributed by atoms with E-state index in [1.165, 1.54) is 6.42 Å². The standard InChI is InChI=1S/C17H24O4.K.H/c1-2-3-4-5-6-10-13-17(15(18)19,16(20)21)14-11-8-7-9-12-14;;/h7-9,11-12H,2-6,10,13H2,1H3,(H,18,19)(H,20,21);;. The number of carbonyl (C=O) groups is 2. The minimum atomic E-state index is -1.83. The fourth-order valence-corrected chi connectivity index (χ4v) is 2.59. The Morgan fingerprint density at radius 1 is 0.909 bits per heavy atom. The van der Waals surface area contributed by atoms with Crippen LogP contribution in [0.5, 0.6) is 0 Å². The second-order valence-corrected chi connectivity index (χ2v) is 5.40. The predicted molar refractivity (Wildman–Crippen MR) is 88.5 cm³/mol. The van der Waals surface area contributed by atoms with Gasteiger partial charge in [-0.2, -0.15) is 0 Å². The van der Waals surface area contributed by atoms with E-state index in [1.807, 2.05) is 0 Å². The summed E-state index contributed by atoms with van der Waals surface area (Å²) in [5.74, 6) is -2.57. The number of carboxylic acids is 2. The van der Waals surface area contributed by atoms with Crippen LogP contribution in [0.4, 0.5) is 0 Å². The van der Waals surface area contributed by atoms with E-state index in [0.29, 0.717) is 12.0 Å². The summed E-state index contributed by atoms with van der Waals surface area (Å²) in [6, 6.07) is 8.27. The molecule has 0 aliphatic heterocycles. The molecule has 22 heavy (non-hydrogen) atoms. The molecule has 118 valence electrons. The van der Waals surface area contributed by atoms with Gasteiger partial charge in [-0.3, -0.25) is 9.59 Å². The van der Waals surface area contributed by atoms with E-state index in [1.54, 1.807) is 30.3 Å². The third-order valence-corrected chi connectivity index (χ3v) is 3.90. The number of rotatable bonds is 10. The number of aliphatic carboxylic acids is 2. The number of unbranched alkanes of at least 4 members (excludes halogenated alkanes) is 5. The zero-order valence-corrected chi connectivity index (χ0v) is 12.5. The van der Waals surface area contributed by atoms with Crippen molar-refractivity contribution in [3.8, 4) is 0 Å². The van der Waals surface area contributed by atoms with E-state index in [9.17, 15) is 19.8 Å². The first-order valence-electron chi connectivity index (χ1n) is 7.58. The summed E-state index contributed by atoms with van der Waals surface area (Å²) >= 11 is 0. The second kappa shape index (κ2) is 11.4. The Hall–Kier alpha value is -0.204. The van der Waals surface area contributed by atoms with Crippen LogP contribution in [0.3, 0.4) is 0 Å². The summed E-state index contributed by atoms with van der Waals surface area (Å²) in [5, 5.41) is 19.0. The van der Waals surface area contributed by atoms with Gasteiger partial charge in [0.1, 0.15) is 0 Å². The van der Waals surface area contributed by atoms with Gasteiger partial charge in [0.2, 0.25) is 0 Å². The van der Waals surface area contributed by atoms with Gasteiger partial charge in [-0.25, -0.2) is 0 Å². The van der Waals surface area contributed by atoms with Crippen molar-refractivity contribution in [1.29, 1.82) is 0 Å². The Kier molecular flexibility index (Phi) is 11.2. The quantitative estimate of drug-likeness (QED) is 0.392. The topological polar surface area (TPSA) is 74.6 Å². The Labute approximate surface area is 174 Å². The number of benzene rings is 1. The molecule has 1 aromatic carbocycles. The molecular formula is C17H25KO4. The number of hydrogen-bond acceptors (Lipinski definition) is 2. The molecule has 0 radical (unpaired) electrons. The molecule has 0 unspecified atom stereocenters. The van der Waals surface area contributed by atoms with Crippen molar-refractivity contribution in [1.82, 2.24) is 0 Å². The van der Waals surface area contributed by atoms with Crippen molar-refractivity contribution in [2.75, 3.05) is 0 Å². The molecule has 4 nitrogen and oxygen atoms in total. The van der Waals surface area contributed by atoms with E-state index in [2.05, 4.69) is 6.92 Å². The molecule has 0 saturated heterocycles. The normalized spacial score (nSPS) is 10.8. The molecule has 2 N–H and O–H groups in total. The van der Waals surface area contributed by atoms with Crippen LogP contribution >= 0.6 is 0 Å². The van der Waals surface area contributed by atoms with Crippen molar-refractivity contribution in [3.63, 3.8) is 0 Å². The van der Waals surface area contributed by atoms with E-state index in [-0.39, 0.29) is 57.8 Å². The van der Waals surface area contributed by atoms with Gasteiger partial charge in [-0.1, -0.05) is 75.8 Å². The average Bonchev–Trinajstić information content (AvgIpc) is 2.47. The van der Waals surface area contributed by atoms with Gasteiger partial charge in [0.25, 0.3) is 0 Å². The van der Waals surface area contributed by atoms with Crippen molar-refractivity contribution < 1.29 is 19.8 Å². The summed E-state index contributed by atoms with van der Waals surface area (Å²) in [5.41, 5.74) is -1.48. The van der Waals surface area contributed by atoms with Crippen LogP contribution in [-0.2, 0) is 15.0 Å². The van der Waals surface area contributed by atoms with Gasteiger partial charge in [0.05, 0.1) is 0 Å². The molecule has 5 heteroatoms. The fraction of sp³-hybridized carbons (Fsp3) is 0.529. The molecule has 1 aromatic rings. The van der Waals surface area contributed by atoms with Crippen LogP contribution in [0.15, 0.2) is 30.3 Å². The molecule has 0 saturated carbocycles. The van der Waals surface area contributed by atoms with Gasteiger partial charge in [-0.15, -0.1) is 0 Å². The minimum absolute atomic E-state index is 0. The number of hydrogen-bond donors (Lipinski definition) is 2. The fourth-order valence-electron chi connectivity index (χ4n) is 2.59. The van der Waals surface area contributed by atoms with Crippen molar-refractivity contribution in [2.24, 2.45) is 0 Å². The molecule has 0 aliphatic rings. The van der Waals surface area contributed by atoms with Crippen molar-refractivity contribution in [3.05, 3.63) is 35.9 Å². The summed E-state index contributed by atoms with van der Waals surface area (Å²) in [6.07, 6.45) is 6.08. The van der Waals surface area contributed by atoms with Gasteiger partial charge in [0, 0.05) is 0 Å². The van der Waals surface area contributed by atoms with E-state index in [4.69, 9.17) is 0 Å². The molecule has 0 bridgehead atoms. The molecule has 1 rings (SSSR count). The first-order chi connectivity index (χ1) is 10.1. The number of carboxylic acid groups (broad SMARTS) is 2. The maximum absolute atomic E-state index is 11.6. The molecule has 0 heterocycles. The Morgan fingerprint density at radius 2 is 1.41 bits per heavy atom. The van der Waals surface area contributed by atoms with Crippen LogP contribution < -0.4 is 0 Å². The van der Waals surface area contributed by atoms with Crippen molar-refractivity contribution in [2.45, 2.75) is 57.3 Å². The van der Waals surface area contributed by atoms with Crippen LogP contribution in [0.1, 0.15) is 57.4 Å². The zero-order valence-electron chi connectivity index (χ0n) is 12.5. The van der Waals surface area contributed by atoms with E-state index >= 15 is 0 Å². The molecule has 0 aliphatic carbocycles. The zero-order chi connectivity index (χ0) is 15.7. The Morgan fingerprint density at radius 3 is 1.91 bits per heavy atom. The SMILES string of the molecule is CCCCCCCCC(C(=O)O)(C(=O)O)c1ccccc1.[KH]. The Balaban J connectivity index is 0.00000441. The third-order valence-electron chi connectivity index (χ3n) is 3.90. The second-order valence-electron chi connectivity index (χ2n) is 5.40. The van der Waals surface area contributed by atoms with Gasteiger partial charge >= 0.3 is 63.3 Å². The van der Waals surface area contributed by atoms with Crippen LogP contribution in [0.25, 0.3) is 0 Å². The van der Waals surface area contributed by atoms with Crippen LogP contribution in [0.2, 0.25) is 0 Å². The monoisotopic (exact) mass is 332 g/mol. The first-order valence-corrected chi connectivity index (χ1v) is 7.58. The van der Waals surface area contributed by atoms with Crippen LogP contribution in [-0.4, -0.2) is 73.5 Å². The van der Waals surface area contributed by atoms with Crippen molar-refractivity contribution >= 4 is 63.3 Å². The molecule has 0 atom stereocenters. The first kappa shape index (κ1) is 21.8. The summed E-state index contributed by atoms with van der Waals surface area (Å²) in [7, 11) is 0. The third kappa shape index (κ3) is 5.78. The molecule has 0 spiro atoms. The van der Waals surface area contributed by atoms with E-state index in [0.717, 1.165) is 25.7 Å². The average molecular weight is 332 g/mol. The summed E-state index contributed by atoms with van der Waals surface area (Å²) < 4.78 is 0. The maximum atomic E-state index is 11.6.